The molecular weight excluding hydrogens is 276 g/mol. The van der Waals surface area contributed by atoms with Crippen LogP contribution in [-0.4, -0.2) is 57.2 Å². The summed E-state index contributed by atoms with van der Waals surface area (Å²) in [6.07, 6.45) is 5.29. The highest BCUT2D eigenvalue weighted by atomic mass is 32.2. The first-order valence-corrected chi connectivity index (χ1v) is 7.87. The van der Waals surface area contributed by atoms with Crippen LogP contribution < -0.4 is 5.56 Å². The molecule has 0 amide bonds. The topological polar surface area (TPSA) is 85.0 Å². The molecule has 0 aliphatic rings. The van der Waals surface area contributed by atoms with E-state index in [1.54, 1.807) is 11.8 Å². The van der Waals surface area contributed by atoms with E-state index in [2.05, 4.69) is 19.9 Å². The minimum absolute atomic E-state index is 0.153. The lowest BCUT2D eigenvalue weighted by Gasteiger charge is -2.21. The van der Waals surface area contributed by atoms with E-state index < -0.39 is 0 Å². The van der Waals surface area contributed by atoms with Crippen molar-refractivity contribution in [2.45, 2.75) is 6.54 Å². The van der Waals surface area contributed by atoms with Gasteiger partial charge in [-0.25, -0.2) is 4.98 Å². The molecule has 0 aliphatic heterocycles. The number of aliphatic hydroxyl groups is 1. The Hall–Kier alpha value is -1.31. The summed E-state index contributed by atoms with van der Waals surface area (Å²) in [7, 11) is 2.01. The molecule has 110 valence electrons. The number of fused-ring (bicyclic) bond motifs is 1. The fourth-order valence-electron chi connectivity index (χ4n) is 2.32. The number of thioether (sulfide) groups is 1. The Balaban J connectivity index is 2.08. The largest absolute Gasteiger partial charge is 0.396 e. The molecule has 6 nitrogen and oxygen atoms in total. The molecule has 0 saturated heterocycles. The van der Waals surface area contributed by atoms with Gasteiger partial charge in [-0.1, -0.05) is 0 Å². The zero-order valence-corrected chi connectivity index (χ0v) is 12.5. The molecule has 0 saturated carbocycles. The minimum Gasteiger partial charge on any atom is -0.396 e. The predicted octanol–water partition coefficient (Wildman–Crippen LogP) is 0.654. The molecule has 0 fully saturated rings. The lowest BCUT2D eigenvalue weighted by Crippen LogP contribution is -2.28. The summed E-state index contributed by atoms with van der Waals surface area (Å²) in [6.45, 7) is 1.70. The number of nitrogens with one attached hydrogen (secondary N) is 2. The Morgan fingerprint density at radius 3 is 3.00 bits per heavy atom. The molecule has 0 aliphatic carbocycles. The highest BCUT2D eigenvalue weighted by Gasteiger charge is 2.13. The van der Waals surface area contributed by atoms with E-state index in [4.69, 9.17) is 0 Å². The maximum atomic E-state index is 11.6. The van der Waals surface area contributed by atoms with Crippen LogP contribution in [-0.2, 0) is 6.54 Å². The minimum atomic E-state index is -0.153. The van der Waals surface area contributed by atoms with Crippen molar-refractivity contribution >= 4 is 22.8 Å². The molecule has 2 heterocycles. The van der Waals surface area contributed by atoms with Crippen molar-refractivity contribution in [2.24, 2.45) is 5.92 Å². The summed E-state index contributed by atoms with van der Waals surface area (Å²) in [6, 6.07) is 0. The average molecular weight is 296 g/mol. The van der Waals surface area contributed by atoms with Crippen molar-refractivity contribution < 1.29 is 5.11 Å². The maximum Gasteiger partial charge on any atom is 0.275 e. The Morgan fingerprint density at radius 2 is 2.30 bits per heavy atom. The van der Waals surface area contributed by atoms with Crippen LogP contribution in [0.2, 0.25) is 0 Å². The van der Waals surface area contributed by atoms with Crippen LogP contribution in [0.1, 0.15) is 5.56 Å². The van der Waals surface area contributed by atoms with Crippen molar-refractivity contribution in [3.8, 4) is 0 Å². The first kappa shape index (κ1) is 15.1. The molecule has 1 atom stereocenters. The predicted molar refractivity (Wildman–Crippen MR) is 82.0 cm³/mol. The van der Waals surface area contributed by atoms with Gasteiger partial charge in [0.05, 0.1) is 11.8 Å². The SMILES string of the molecule is CSCC(CO)CN(C)Cc1c[nH]c2c(=O)[nH]cnc12. The number of H-pyrrole nitrogens is 2. The zero-order chi connectivity index (χ0) is 14.5. The van der Waals surface area contributed by atoms with Crippen LogP contribution in [0.5, 0.6) is 0 Å². The Bertz CT molecular complexity index is 610. The van der Waals surface area contributed by atoms with Crippen molar-refractivity contribution in [3.63, 3.8) is 0 Å². The van der Waals surface area contributed by atoms with Gasteiger partial charge in [0.15, 0.2) is 0 Å². The monoisotopic (exact) mass is 296 g/mol. The van der Waals surface area contributed by atoms with E-state index >= 15 is 0 Å². The summed E-state index contributed by atoms with van der Waals surface area (Å²) in [5, 5.41) is 9.34. The third-order valence-electron chi connectivity index (χ3n) is 3.22. The van der Waals surface area contributed by atoms with E-state index in [0.29, 0.717) is 17.6 Å². The molecule has 7 heteroatoms. The van der Waals surface area contributed by atoms with Crippen molar-refractivity contribution in [2.75, 3.05) is 32.2 Å². The summed E-state index contributed by atoms with van der Waals surface area (Å²) < 4.78 is 0. The Labute approximate surface area is 121 Å². The van der Waals surface area contributed by atoms with E-state index in [1.165, 1.54) is 6.33 Å². The van der Waals surface area contributed by atoms with Gasteiger partial charge in [-0.05, 0) is 19.1 Å². The number of hydrogen-bond donors (Lipinski definition) is 3. The lowest BCUT2D eigenvalue weighted by molar-refractivity contribution is 0.190. The highest BCUT2D eigenvalue weighted by Crippen LogP contribution is 2.15. The fraction of sp³-hybridized carbons (Fsp3) is 0.538. The van der Waals surface area contributed by atoms with Crippen LogP contribution in [0.15, 0.2) is 17.3 Å². The molecule has 3 N–H and O–H groups in total. The number of nitrogens with zero attached hydrogens (tertiary/aromatic N) is 2. The normalized spacial score (nSPS) is 13.2. The van der Waals surface area contributed by atoms with Gasteiger partial charge >= 0.3 is 0 Å². The summed E-state index contributed by atoms with van der Waals surface area (Å²) in [5.74, 6) is 1.20. The molecule has 0 radical (unpaired) electrons. The molecule has 20 heavy (non-hydrogen) atoms. The third-order valence-corrected chi connectivity index (χ3v) is 4.02. The van der Waals surface area contributed by atoms with E-state index in [0.717, 1.165) is 17.9 Å². The second-order valence-corrected chi connectivity index (χ2v) is 5.88. The maximum absolute atomic E-state index is 11.6. The standard InChI is InChI=1S/C13H20N4O2S/c1-17(4-9(6-18)7-20-2)5-10-3-14-12-11(10)15-8-16-13(12)19/h3,8-9,14,18H,4-7H2,1-2H3,(H,15,16,19). The molecule has 2 aromatic heterocycles. The second kappa shape index (κ2) is 6.92. The zero-order valence-electron chi connectivity index (χ0n) is 11.7. The van der Waals surface area contributed by atoms with Gasteiger partial charge < -0.3 is 20.0 Å². The van der Waals surface area contributed by atoms with Crippen molar-refractivity contribution in [1.82, 2.24) is 19.9 Å². The van der Waals surface area contributed by atoms with Gasteiger partial charge in [-0.15, -0.1) is 0 Å². The van der Waals surface area contributed by atoms with Crippen molar-refractivity contribution in [3.05, 3.63) is 28.4 Å². The molecule has 0 aromatic carbocycles. The molecule has 1 unspecified atom stereocenters. The van der Waals surface area contributed by atoms with Gasteiger partial charge in [0.1, 0.15) is 5.52 Å². The Kier molecular flexibility index (Phi) is 5.22. The van der Waals surface area contributed by atoms with Crippen LogP contribution in [0.25, 0.3) is 11.0 Å². The number of hydrogen-bond acceptors (Lipinski definition) is 5. The van der Waals surface area contributed by atoms with Crippen LogP contribution >= 0.6 is 11.8 Å². The summed E-state index contributed by atoms with van der Waals surface area (Å²) in [5.41, 5.74) is 2.07. The molecular formula is C13H20N4O2S. The second-order valence-electron chi connectivity index (χ2n) is 4.97. The smallest absolute Gasteiger partial charge is 0.275 e. The van der Waals surface area contributed by atoms with E-state index in [-0.39, 0.29) is 18.1 Å². The van der Waals surface area contributed by atoms with Crippen LogP contribution in [0.4, 0.5) is 0 Å². The summed E-state index contributed by atoms with van der Waals surface area (Å²) in [4.78, 5) is 23.5. The van der Waals surface area contributed by atoms with Gasteiger partial charge in [0.25, 0.3) is 5.56 Å². The van der Waals surface area contributed by atoms with Gasteiger partial charge in [0, 0.05) is 37.4 Å². The quantitative estimate of drug-likeness (QED) is 0.699. The highest BCUT2D eigenvalue weighted by molar-refractivity contribution is 7.98. The number of rotatable bonds is 7. The van der Waals surface area contributed by atoms with Gasteiger partial charge in [0.2, 0.25) is 0 Å². The molecule has 0 bridgehead atoms. The van der Waals surface area contributed by atoms with Crippen LogP contribution in [0, 0.1) is 5.92 Å². The first-order chi connectivity index (χ1) is 9.65. The molecule has 0 spiro atoms. The van der Waals surface area contributed by atoms with Gasteiger partial charge in [-0.2, -0.15) is 11.8 Å². The van der Waals surface area contributed by atoms with Crippen molar-refractivity contribution in [1.29, 1.82) is 0 Å². The first-order valence-electron chi connectivity index (χ1n) is 6.47. The number of aromatic amines is 2. The summed E-state index contributed by atoms with van der Waals surface area (Å²) >= 11 is 1.74. The fourth-order valence-corrected chi connectivity index (χ4v) is 3.00. The molecule has 2 rings (SSSR count). The van der Waals surface area contributed by atoms with E-state index in [1.807, 2.05) is 19.5 Å². The van der Waals surface area contributed by atoms with Crippen LogP contribution in [0.3, 0.4) is 0 Å². The Morgan fingerprint density at radius 1 is 1.50 bits per heavy atom. The number of aromatic nitrogens is 3. The molecule has 2 aromatic rings. The lowest BCUT2D eigenvalue weighted by atomic mass is 10.1. The average Bonchev–Trinajstić information content (AvgIpc) is 2.83. The number of aliphatic hydroxyl groups excluding tert-OH is 1. The van der Waals surface area contributed by atoms with E-state index in [9.17, 15) is 9.90 Å². The van der Waals surface area contributed by atoms with Gasteiger partial charge in [-0.3, -0.25) is 4.79 Å². The third kappa shape index (κ3) is 3.41.